The number of hydrogen-bond acceptors (Lipinski definition) is 20. The van der Waals surface area contributed by atoms with E-state index in [4.69, 9.17) is 37.9 Å². The van der Waals surface area contributed by atoms with Gasteiger partial charge in [0, 0.05) is 116 Å². The normalized spacial score (nSPS) is 10.3. The molecule has 0 saturated heterocycles. The summed E-state index contributed by atoms with van der Waals surface area (Å²) < 4.78 is 39.9. The van der Waals surface area contributed by atoms with Gasteiger partial charge in [0.2, 0.25) is 23.6 Å². The summed E-state index contributed by atoms with van der Waals surface area (Å²) in [4.78, 5) is 139. The maximum atomic E-state index is 12.2. The Balaban J connectivity index is 0.000000391. The van der Waals surface area contributed by atoms with Gasteiger partial charge in [0.1, 0.15) is 0 Å². The van der Waals surface area contributed by atoms with Crippen LogP contribution in [0.3, 0.4) is 0 Å². The highest BCUT2D eigenvalue weighted by atomic mass is 16.6. The average Bonchev–Trinajstić information content (AvgIpc) is 3.28. The average molecular weight is 1020 g/mol. The van der Waals surface area contributed by atoms with Gasteiger partial charge >= 0.3 is 47.8 Å². The van der Waals surface area contributed by atoms with Gasteiger partial charge in [-0.1, -0.05) is 12.1 Å². The maximum Gasteiger partial charge on any atom is 0.308 e. The maximum absolute atomic E-state index is 12.2. The highest BCUT2D eigenvalue weighted by molar-refractivity contribution is 6.07. The number of amides is 4. The molecule has 4 aromatic carbocycles. The quantitative estimate of drug-likeness (QED) is 0.0609. The summed E-state index contributed by atoms with van der Waals surface area (Å²) in [5, 5.41) is 10.1. The van der Waals surface area contributed by atoms with Crippen molar-refractivity contribution in [2.24, 2.45) is 0 Å². The van der Waals surface area contributed by atoms with Gasteiger partial charge in [-0.3, -0.25) is 57.5 Å². The third-order valence-electron chi connectivity index (χ3n) is 8.17. The van der Waals surface area contributed by atoms with Gasteiger partial charge in [0.15, 0.2) is 46.0 Å². The van der Waals surface area contributed by atoms with Gasteiger partial charge in [-0.05, 0) is 59.7 Å². The van der Waals surface area contributed by atoms with Crippen LogP contribution in [-0.4, -0.2) is 71.4 Å². The van der Waals surface area contributed by atoms with Gasteiger partial charge in [0.25, 0.3) is 0 Å². The summed E-state index contributed by atoms with van der Waals surface area (Å²) in [6, 6.07) is 16.9. The highest BCUT2D eigenvalue weighted by Crippen LogP contribution is 2.33. The SMILES string of the molecule is CC(=O)Oc1ccc(CNC(=O)/C=C\C(=O)NCc2ccc(OC(C)=O)c(OC(C)=O)c2)cc1OC(C)=O.CC(=O)Oc1ccc(NC(=O)/C=C\C(=O)Nc2ccc(OC(C)=O)c(OC(C)=O)c2)cc1OC(C)=O. The van der Waals surface area contributed by atoms with E-state index in [1.54, 1.807) is 12.1 Å². The van der Waals surface area contributed by atoms with E-state index in [-0.39, 0.29) is 70.5 Å². The Morgan fingerprint density at radius 2 is 0.541 bits per heavy atom. The molecule has 0 radical (unpaired) electrons. The number of anilines is 2. The van der Waals surface area contributed by atoms with Crippen LogP contribution in [0.2, 0.25) is 0 Å². The smallest absolute Gasteiger partial charge is 0.308 e. The molecule has 4 aromatic rings. The van der Waals surface area contributed by atoms with E-state index in [1.165, 1.54) is 102 Å². The lowest BCUT2D eigenvalue weighted by Gasteiger charge is -2.11. The standard InChI is InChI=1S/C26H26N2O10.C24H22N2O10/c1-15(29)35-21-7-5-19(11-23(21)37-17(3)31)13-27-25(33)9-10-26(34)28-14-20-6-8-22(36-16(2)30)24(12-20)38-18(4)32;1-13(27)33-19-7-5-17(11-21(19)35-15(3)29)25-23(31)9-10-24(32)26-18-6-8-20(34-14(2)28)22(12-18)36-16(4)30/h5-12H,13-14H2,1-4H3,(H,27,33)(H,28,34);5-12H,1-4H3,(H,25,31)(H,26,32)/b2*10-9-. The van der Waals surface area contributed by atoms with E-state index >= 15 is 0 Å². The molecule has 4 rings (SSSR count). The van der Waals surface area contributed by atoms with Crippen molar-refractivity contribution in [2.45, 2.75) is 68.5 Å². The predicted molar refractivity (Wildman–Crippen MR) is 255 cm³/mol. The molecule has 0 aliphatic carbocycles. The van der Waals surface area contributed by atoms with Gasteiger partial charge in [-0.2, -0.15) is 0 Å². The van der Waals surface area contributed by atoms with E-state index in [0.29, 0.717) is 11.1 Å². The number of carbonyl (C=O) groups is 12. The molecule has 0 aromatic heterocycles. The molecular weight excluding hydrogens is 977 g/mol. The van der Waals surface area contributed by atoms with Crippen LogP contribution in [0.1, 0.15) is 66.5 Å². The minimum Gasteiger partial charge on any atom is -0.423 e. The first-order valence-electron chi connectivity index (χ1n) is 21.4. The van der Waals surface area contributed by atoms with Crippen LogP contribution in [0.5, 0.6) is 46.0 Å². The molecule has 0 unspecified atom stereocenters. The van der Waals surface area contributed by atoms with Crippen molar-refractivity contribution in [3.8, 4) is 46.0 Å². The predicted octanol–water partition coefficient (Wildman–Crippen LogP) is 4.40. The molecule has 0 bridgehead atoms. The summed E-state index contributed by atoms with van der Waals surface area (Å²) in [5.74, 6) is -7.57. The van der Waals surface area contributed by atoms with E-state index in [2.05, 4.69) is 21.3 Å². The summed E-state index contributed by atoms with van der Waals surface area (Å²) in [5.41, 5.74) is 1.49. The molecule has 0 aliphatic heterocycles. The van der Waals surface area contributed by atoms with Crippen LogP contribution < -0.4 is 59.2 Å². The number of hydrogen-bond donors (Lipinski definition) is 4. The molecule has 0 saturated carbocycles. The number of ether oxygens (including phenoxy) is 8. The van der Waals surface area contributed by atoms with Gasteiger partial charge in [-0.25, -0.2) is 0 Å². The van der Waals surface area contributed by atoms with E-state index in [1.807, 2.05) is 0 Å². The van der Waals surface area contributed by atoms with Crippen molar-refractivity contribution in [2.75, 3.05) is 10.6 Å². The van der Waals surface area contributed by atoms with Gasteiger partial charge < -0.3 is 59.2 Å². The van der Waals surface area contributed by atoms with Crippen molar-refractivity contribution in [1.29, 1.82) is 0 Å². The Morgan fingerprint density at radius 3 is 0.811 bits per heavy atom. The lowest BCUT2D eigenvalue weighted by atomic mass is 10.2. The van der Waals surface area contributed by atoms with Crippen molar-refractivity contribution in [1.82, 2.24) is 10.6 Å². The summed E-state index contributed by atoms with van der Waals surface area (Å²) in [6.07, 6.45) is 3.95. The van der Waals surface area contributed by atoms with Gasteiger partial charge in [0.05, 0.1) is 0 Å². The number of rotatable bonds is 18. The second-order valence-electron chi connectivity index (χ2n) is 14.7. The number of carbonyl (C=O) groups excluding carboxylic acids is 12. The van der Waals surface area contributed by atoms with Crippen LogP contribution >= 0.6 is 0 Å². The van der Waals surface area contributed by atoms with Crippen LogP contribution in [0, 0.1) is 0 Å². The number of esters is 8. The Kier molecular flexibility index (Phi) is 22.5. The molecule has 74 heavy (non-hydrogen) atoms. The lowest BCUT2D eigenvalue weighted by molar-refractivity contribution is -0.134. The molecule has 24 heteroatoms. The molecule has 4 N–H and O–H groups in total. The third-order valence-corrected chi connectivity index (χ3v) is 8.17. The Labute approximate surface area is 421 Å². The Morgan fingerprint density at radius 1 is 0.311 bits per heavy atom. The fraction of sp³-hybridized carbons (Fsp3) is 0.200. The van der Waals surface area contributed by atoms with Crippen molar-refractivity contribution >= 4 is 82.8 Å². The molecule has 0 heterocycles. The van der Waals surface area contributed by atoms with Crippen LogP contribution in [0.15, 0.2) is 97.1 Å². The van der Waals surface area contributed by atoms with Crippen molar-refractivity contribution < 1.29 is 95.4 Å². The van der Waals surface area contributed by atoms with Crippen LogP contribution in [0.25, 0.3) is 0 Å². The molecule has 0 atom stereocenters. The number of nitrogens with one attached hydrogen (secondary N) is 4. The fourth-order valence-electron chi connectivity index (χ4n) is 5.56. The first kappa shape index (κ1) is 58.3. The minimum atomic E-state index is -0.690. The zero-order chi connectivity index (χ0) is 55.1. The Hall–Kier alpha value is -10.0. The summed E-state index contributed by atoms with van der Waals surface area (Å²) in [6.45, 7) is 9.53. The molecular formula is C50H48N4O20. The first-order chi connectivity index (χ1) is 34.8. The van der Waals surface area contributed by atoms with E-state index in [0.717, 1.165) is 38.2 Å². The topological polar surface area (TPSA) is 327 Å². The zero-order valence-corrected chi connectivity index (χ0v) is 40.8. The van der Waals surface area contributed by atoms with E-state index in [9.17, 15) is 57.5 Å². The lowest BCUT2D eigenvalue weighted by Crippen LogP contribution is -2.23. The van der Waals surface area contributed by atoms with Gasteiger partial charge in [-0.15, -0.1) is 0 Å². The third kappa shape index (κ3) is 22.2. The molecule has 0 fully saturated rings. The number of benzene rings is 4. The second kappa shape index (κ2) is 28.6. The summed E-state index contributed by atoms with van der Waals surface area (Å²) >= 11 is 0. The highest BCUT2D eigenvalue weighted by Gasteiger charge is 2.16. The fourth-order valence-corrected chi connectivity index (χ4v) is 5.56. The molecule has 0 aliphatic rings. The largest absolute Gasteiger partial charge is 0.423 e. The molecule has 388 valence electrons. The Bertz CT molecular complexity index is 2730. The first-order valence-corrected chi connectivity index (χ1v) is 21.4. The van der Waals surface area contributed by atoms with Crippen LogP contribution in [-0.2, 0) is 70.6 Å². The minimum absolute atomic E-state index is 0.0153. The van der Waals surface area contributed by atoms with Crippen molar-refractivity contribution in [3.05, 3.63) is 108 Å². The van der Waals surface area contributed by atoms with Crippen LogP contribution in [0.4, 0.5) is 11.4 Å². The van der Waals surface area contributed by atoms with Crippen molar-refractivity contribution in [3.63, 3.8) is 0 Å². The second-order valence-corrected chi connectivity index (χ2v) is 14.7. The summed E-state index contributed by atoms with van der Waals surface area (Å²) in [7, 11) is 0. The monoisotopic (exact) mass is 1020 g/mol. The zero-order valence-electron chi connectivity index (χ0n) is 40.8. The van der Waals surface area contributed by atoms with E-state index < -0.39 is 71.4 Å². The molecule has 24 nitrogen and oxygen atoms in total. The molecule has 0 spiro atoms. The molecule has 4 amide bonds.